The summed E-state index contributed by atoms with van der Waals surface area (Å²) < 4.78 is 35.2. The number of rotatable bonds is 4. The zero-order valence-corrected chi connectivity index (χ0v) is 24.2. The fourth-order valence-corrected chi connectivity index (χ4v) is 5.24. The van der Waals surface area contributed by atoms with E-state index >= 15 is 0 Å². The monoisotopic (exact) mass is 578 g/mol. The highest BCUT2D eigenvalue weighted by molar-refractivity contribution is 7.79. The molecule has 6 aromatic rings. The van der Waals surface area contributed by atoms with Crippen LogP contribution < -0.4 is 15.2 Å². The van der Waals surface area contributed by atoms with Crippen LogP contribution in [0.1, 0.15) is 5.56 Å². The molecule has 5 aromatic carbocycles. The maximum atomic E-state index is 8.63. The van der Waals surface area contributed by atoms with Gasteiger partial charge in [-0.1, -0.05) is 78.9 Å². The Morgan fingerprint density at radius 1 is 0.810 bits per heavy atom. The molecule has 212 valence electrons. The van der Waals surface area contributed by atoms with Gasteiger partial charge in [-0.15, -0.1) is 4.57 Å². The highest BCUT2D eigenvalue weighted by atomic mass is 32.3. The Morgan fingerprint density at radius 2 is 1.31 bits per heavy atom. The summed E-state index contributed by atoms with van der Waals surface area (Å²) >= 11 is 0. The molecule has 42 heavy (non-hydrogen) atoms. The normalized spacial score (nSPS) is 11.3. The van der Waals surface area contributed by atoms with E-state index in [-0.39, 0.29) is 0 Å². The summed E-state index contributed by atoms with van der Waals surface area (Å²) in [6.45, 7) is 2.18. The Bertz CT molecular complexity index is 1990. The van der Waals surface area contributed by atoms with Crippen LogP contribution in [-0.2, 0) is 10.4 Å². The fourth-order valence-electron chi connectivity index (χ4n) is 5.24. The van der Waals surface area contributed by atoms with Crippen molar-refractivity contribution in [2.24, 2.45) is 0 Å². The first-order valence-corrected chi connectivity index (χ1v) is 14.5. The molecule has 0 bridgehead atoms. The average molecular weight is 579 g/mol. The van der Waals surface area contributed by atoms with Crippen LogP contribution in [0.15, 0.2) is 109 Å². The van der Waals surface area contributed by atoms with E-state index in [1.54, 1.807) is 0 Å². The van der Waals surface area contributed by atoms with Crippen molar-refractivity contribution in [2.45, 2.75) is 6.92 Å². The molecule has 0 aliphatic rings. The Labute approximate surface area is 244 Å². The van der Waals surface area contributed by atoms with Crippen molar-refractivity contribution >= 4 is 43.8 Å². The number of benzene rings is 5. The topological polar surface area (TPSA) is 123 Å². The van der Waals surface area contributed by atoms with Gasteiger partial charge in [-0.25, -0.2) is 13.4 Å². The summed E-state index contributed by atoms with van der Waals surface area (Å²) in [5.41, 5.74) is 19.1. The van der Waals surface area contributed by atoms with E-state index in [2.05, 4.69) is 115 Å². The predicted octanol–water partition coefficient (Wildman–Crippen LogP) is 5.96. The van der Waals surface area contributed by atoms with Gasteiger partial charge in [0.1, 0.15) is 11.0 Å². The maximum Gasteiger partial charge on any atom is 0.243 e. The number of nitrogens with two attached hydrogens (primary N) is 1. The molecule has 0 saturated carbocycles. The Morgan fingerprint density at radius 3 is 1.83 bits per heavy atom. The van der Waals surface area contributed by atoms with Gasteiger partial charge in [-0.2, -0.15) is 0 Å². The lowest BCUT2D eigenvalue weighted by Gasteiger charge is -2.19. The third-order valence-corrected chi connectivity index (χ3v) is 7.01. The SMILES string of the molecule is Cc1c(N(C)C)cc(-c2ccccc2)c2nc3cc(-c4ccccc4)c(N)cc3[n+](-c3ccccc3)c12.O=S(=O)([O-])O. The molecule has 0 fully saturated rings. The molecule has 0 radical (unpaired) electrons. The third-order valence-electron chi connectivity index (χ3n) is 7.01. The predicted molar refractivity (Wildman–Crippen MR) is 167 cm³/mol. The Kier molecular flexibility index (Phi) is 7.91. The first-order chi connectivity index (χ1) is 20.0. The molecule has 0 aliphatic heterocycles. The second kappa shape index (κ2) is 11.6. The van der Waals surface area contributed by atoms with Crippen LogP contribution in [0.4, 0.5) is 11.4 Å². The maximum absolute atomic E-state index is 8.63. The van der Waals surface area contributed by atoms with Gasteiger partial charge in [0.05, 0.1) is 0 Å². The summed E-state index contributed by atoms with van der Waals surface area (Å²) in [6.07, 6.45) is 0. The van der Waals surface area contributed by atoms with Gasteiger partial charge in [-0.3, -0.25) is 4.55 Å². The Balaban J connectivity index is 0.000000652. The van der Waals surface area contributed by atoms with Crippen molar-refractivity contribution < 1.29 is 22.1 Å². The van der Waals surface area contributed by atoms with Crippen LogP contribution >= 0.6 is 0 Å². The molecule has 1 aromatic heterocycles. The van der Waals surface area contributed by atoms with Crippen LogP contribution in [0.3, 0.4) is 0 Å². The smallest absolute Gasteiger partial charge is 0.243 e. The van der Waals surface area contributed by atoms with E-state index < -0.39 is 10.4 Å². The fraction of sp³-hybridized carbons (Fsp3) is 0.0909. The third kappa shape index (κ3) is 5.94. The van der Waals surface area contributed by atoms with Crippen LogP contribution in [0.5, 0.6) is 0 Å². The van der Waals surface area contributed by atoms with E-state index in [0.29, 0.717) is 0 Å². The molecule has 0 atom stereocenters. The number of anilines is 2. The van der Waals surface area contributed by atoms with Crippen molar-refractivity contribution in [3.8, 4) is 27.9 Å². The summed E-state index contributed by atoms with van der Waals surface area (Å²) in [5.74, 6) is 0. The standard InChI is InChI=1S/C33H28N4.H2O4S/c1-22-30(36(2)3)20-27(24-15-9-5-10-16-24)32-33(22)37(25-17-11-6-12-18-25)31-21-28(34)26(19-29(31)35-32)23-13-7-4-8-14-23;1-5(2,3)4/h4-21,34H,1-3H3;(H2,1,2,3,4). The lowest BCUT2D eigenvalue weighted by molar-refractivity contribution is -0.538. The van der Waals surface area contributed by atoms with Gasteiger partial charge in [0, 0.05) is 60.4 Å². The number of nitrogens with zero attached hydrogens (tertiary/aromatic N) is 3. The zero-order valence-electron chi connectivity index (χ0n) is 23.4. The van der Waals surface area contributed by atoms with Crippen LogP contribution in [0.25, 0.3) is 50.0 Å². The average Bonchev–Trinajstić information content (AvgIpc) is 2.96. The minimum Gasteiger partial charge on any atom is -0.726 e. The number of fused-ring (bicyclic) bond motifs is 2. The molecule has 1 heterocycles. The molecule has 0 amide bonds. The molecule has 0 saturated heterocycles. The summed E-state index contributed by atoms with van der Waals surface area (Å²) in [7, 11) is -0.733. The minimum absolute atomic E-state index is 0.731. The molecule has 3 N–H and O–H groups in total. The van der Waals surface area contributed by atoms with Gasteiger partial charge in [-0.05, 0) is 30.2 Å². The van der Waals surface area contributed by atoms with Crippen LogP contribution in [0, 0.1) is 6.92 Å². The number of hydrogen-bond acceptors (Lipinski definition) is 6. The molecule has 6 rings (SSSR count). The van der Waals surface area contributed by atoms with Gasteiger partial charge in [0.2, 0.25) is 27.1 Å². The second-order valence-electron chi connectivity index (χ2n) is 10.0. The van der Waals surface area contributed by atoms with E-state index in [1.165, 1.54) is 5.56 Å². The van der Waals surface area contributed by atoms with E-state index in [1.807, 2.05) is 24.3 Å². The number of hydrogen-bond donors (Lipinski definition) is 2. The van der Waals surface area contributed by atoms with Crippen molar-refractivity contribution in [3.05, 3.63) is 115 Å². The highest BCUT2D eigenvalue weighted by Gasteiger charge is 2.27. The highest BCUT2D eigenvalue weighted by Crippen LogP contribution is 2.37. The quantitative estimate of drug-likeness (QED) is 0.0870. The van der Waals surface area contributed by atoms with Gasteiger partial charge in [0.15, 0.2) is 0 Å². The van der Waals surface area contributed by atoms with Gasteiger partial charge in [0.25, 0.3) is 0 Å². The van der Waals surface area contributed by atoms with Crippen molar-refractivity contribution in [1.82, 2.24) is 4.98 Å². The van der Waals surface area contributed by atoms with E-state index in [0.717, 1.165) is 61.4 Å². The van der Waals surface area contributed by atoms with Crippen molar-refractivity contribution in [2.75, 3.05) is 24.7 Å². The molecule has 0 aliphatic carbocycles. The van der Waals surface area contributed by atoms with Crippen molar-refractivity contribution in [1.29, 1.82) is 0 Å². The summed E-state index contributed by atoms with van der Waals surface area (Å²) in [5, 5.41) is 0. The molecule has 0 spiro atoms. The molecule has 8 nitrogen and oxygen atoms in total. The molecular formula is C33H30N4O4S. The summed E-state index contributed by atoms with van der Waals surface area (Å²) in [6, 6.07) is 37.7. The number of nitrogen functional groups attached to an aromatic ring is 1. The summed E-state index contributed by atoms with van der Waals surface area (Å²) in [4.78, 5) is 7.51. The van der Waals surface area contributed by atoms with Crippen LogP contribution in [-0.4, -0.2) is 36.6 Å². The molecular weight excluding hydrogens is 548 g/mol. The van der Waals surface area contributed by atoms with Crippen molar-refractivity contribution in [3.63, 3.8) is 0 Å². The first kappa shape index (κ1) is 28.7. The van der Waals surface area contributed by atoms with E-state index in [9.17, 15) is 0 Å². The van der Waals surface area contributed by atoms with E-state index in [4.69, 9.17) is 28.2 Å². The molecule has 0 unspecified atom stereocenters. The second-order valence-corrected chi connectivity index (χ2v) is 10.9. The number of para-hydroxylation sites is 1. The lowest BCUT2D eigenvalue weighted by Crippen LogP contribution is -2.34. The van der Waals surface area contributed by atoms with Crippen LogP contribution in [0.2, 0.25) is 0 Å². The van der Waals surface area contributed by atoms with Gasteiger partial charge >= 0.3 is 0 Å². The largest absolute Gasteiger partial charge is 0.726 e. The minimum atomic E-state index is -4.92. The lowest BCUT2D eigenvalue weighted by atomic mass is 9.97. The van der Waals surface area contributed by atoms with Gasteiger partial charge < -0.3 is 15.2 Å². The number of aromatic nitrogens is 2. The number of aryl methyl sites for hydroxylation is 1. The first-order valence-electron chi connectivity index (χ1n) is 13.2. The zero-order chi connectivity index (χ0) is 30.0. The Hall–Kier alpha value is -4.83. The molecule has 9 heteroatoms.